The highest BCUT2D eigenvalue weighted by molar-refractivity contribution is 7.95. The van der Waals surface area contributed by atoms with Crippen molar-refractivity contribution in [3.8, 4) is 17.6 Å². The maximum atomic E-state index is 12.5. The number of allylic oxidation sites excluding steroid dienone is 1. The first-order valence-corrected chi connectivity index (χ1v) is 8.76. The van der Waals surface area contributed by atoms with Crippen molar-refractivity contribution in [2.24, 2.45) is 0 Å². The second-order valence-electron chi connectivity index (χ2n) is 5.02. The van der Waals surface area contributed by atoms with Gasteiger partial charge in [0.25, 0.3) is 0 Å². The smallest absolute Gasteiger partial charge is 0.497 e. The lowest BCUT2D eigenvalue weighted by molar-refractivity contribution is -0.274. The molecule has 0 unspecified atom stereocenters. The molecule has 0 saturated carbocycles. The van der Waals surface area contributed by atoms with Gasteiger partial charge in [0.05, 0.1) is 12.0 Å². The molecule has 0 aromatic heterocycles. The number of alkyl halides is 3. The Morgan fingerprint density at radius 1 is 1.07 bits per heavy atom. The maximum Gasteiger partial charge on any atom is 0.573 e. The van der Waals surface area contributed by atoms with Gasteiger partial charge in [-0.15, -0.1) is 13.2 Å². The molecule has 0 saturated heterocycles. The lowest BCUT2D eigenvalue weighted by Gasteiger charge is -2.09. The van der Waals surface area contributed by atoms with Gasteiger partial charge in [-0.25, -0.2) is 8.42 Å². The van der Waals surface area contributed by atoms with Crippen LogP contribution in [-0.4, -0.2) is 21.9 Å². The molecule has 0 atom stereocenters. The minimum absolute atomic E-state index is 0.105. The molecular formula is C17H13F3N2O4S. The summed E-state index contributed by atoms with van der Waals surface area (Å²) in [6.45, 7) is 0. The van der Waals surface area contributed by atoms with Gasteiger partial charge in [-0.05, 0) is 48.5 Å². The van der Waals surface area contributed by atoms with E-state index in [1.165, 1.54) is 43.5 Å². The third-order valence-electron chi connectivity index (χ3n) is 3.23. The van der Waals surface area contributed by atoms with E-state index in [0.717, 1.165) is 18.3 Å². The molecule has 27 heavy (non-hydrogen) atoms. The minimum Gasteiger partial charge on any atom is -0.497 e. The zero-order valence-electron chi connectivity index (χ0n) is 13.8. The first-order chi connectivity index (χ1) is 12.7. The van der Waals surface area contributed by atoms with E-state index < -0.39 is 26.9 Å². The van der Waals surface area contributed by atoms with Crippen LogP contribution in [0.5, 0.6) is 11.5 Å². The lowest BCUT2D eigenvalue weighted by atomic mass is 10.3. The van der Waals surface area contributed by atoms with E-state index >= 15 is 0 Å². The molecule has 1 N–H and O–H groups in total. The van der Waals surface area contributed by atoms with Crippen molar-refractivity contribution in [1.82, 2.24) is 0 Å². The van der Waals surface area contributed by atoms with Gasteiger partial charge in [-0.1, -0.05) is 0 Å². The highest BCUT2D eigenvalue weighted by Gasteiger charge is 2.31. The van der Waals surface area contributed by atoms with Crippen LogP contribution < -0.4 is 14.8 Å². The molecule has 142 valence electrons. The molecule has 10 heteroatoms. The van der Waals surface area contributed by atoms with Crippen LogP contribution in [0.3, 0.4) is 0 Å². The molecule has 6 nitrogen and oxygen atoms in total. The van der Waals surface area contributed by atoms with E-state index in [9.17, 15) is 21.6 Å². The summed E-state index contributed by atoms with van der Waals surface area (Å²) in [4.78, 5) is -0.671. The number of sulfone groups is 1. The summed E-state index contributed by atoms with van der Waals surface area (Å²) >= 11 is 0. The predicted molar refractivity (Wildman–Crippen MR) is 90.6 cm³/mol. The summed E-state index contributed by atoms with van der Waals surface area (Å²) in [5.74, 6) is 0.0270. The Morgan fingerprint density at radius 2 is 1.63 bits per heavy atom. The largest absolute Gasteiger partial charge is 0.573 e. The van der Waals surface area contributed by atoms with Crippen LogP contribution in [-0.2, 0) is 9.84 Å². The number of methoxy groups -OCH3 is 1. The molecule has 0 aliphatic rings. The van der Waals surface area contributed by atoms with Crippen LogP contribution in [0.15, 0.2) is 64.5 Å². The Hall–Kier alpha value is -3.19. The van der Waals surface area contributed by atoms with Crippen molar-refractivity contribution in [2.75, 3.05) is 12.4 Å². The SMILES string of the molecule is COc1ccc(S(=O)(=O)C(C#N)=CNc2ccc(OC(F)(F)F)cc2)cc1. The summed E-state index contributed by atoms with van der Waals surface area (Å²) < 4.78 is 70.0. The average Bonchev–Trinajstić information content (AvgIpc) is 2.62. The number of rotatable bonds is 6. The number of anilines is 1. The number of nitriles is 1. The number of benzene rings is 2. The van der Waals surface area contributed by atoms with Crippen LogP contribution in [0.4, 0.5) is 18.9 Å². The fraction of sp³-hybridized carbons (Fsp3) is 0.118. The second-order valence-corrected chi connectivity index (χ2v) is 6.93. The molecule has 2 aromatic carbocycles. The molecule has 2 rings (SSSR count). The van der Waals surface area contributed by atoms with Gasteiger partial charge in [0.2, 0.25) is 9.84 Å². The topological polar surface area (TPSA) is 88.4 Å². The van der Waals surface area contributed by atoms with E-state index in [0.29, 0.717) is 5.75 Å². The third kappa shape index (κ3) is 5.39. The standard InChI is InChI=1S/C17H13F3N2O4S/c1-25-13-6-8-15(9-7-13)27(23,24)16(10-21)11-22-12-2-4-14(5-3-12)26-17(18,19)20/h2-9,11,22H,1H3. The molecule has 0 amide bonds. The first kappa shape index (κ1) is 20.1. The zero-order chi connectivity index (χ0) is 20.1. The molecule has 0 bridgehead atoms. The molecule has 0 spiro atoms. The van der Waals surface area contributed by atoms with Crippen molar-refractivity contribution >= 4 is 15.5 Å². The highest BCUT2D eigenvalue weighted by Crippen LogP contribution is 2.25. The van der Waals surface area contributed by atoms with Gasteiger partial charge < -0.3 is 14.8 Å². The fourth-order valence-corrected chi connectivity index (χ4v) is 3.04. The predicted octanol–water partition coefficient (Wildman–Crippen LogP) is 3.84. The Bertz CT molecular complexity index is 961. The van der Waals surface area contributed by atoms with E-state index in [1.54, 1.807) is 6.07 Å². The highest BCUT2D eigenvalue weighted by atomic mass is 32.2. The molecule has 0 fully saturated rings. The lowest BCUT2D eigenvalue weighted by Crippen LogP contribution is -2.16. The quantitative estimate of drug-likeness (QED) is 0.744. The first-order valence-electron chi connectivity index (χ1n) is 7.27. The summed E-state index contributed by atoms with van der Waals surface area (Å²) in [5, 5.41) is 11.7. The average molecular weight is 398 g/mol. The van der Waals surface area contributed by atoms with E-state index in [4.69, 9.17) is 10.00 Å². The van der Waals surface area contributed by atoms with Gasteiger partial charge in [0.15, 0.2) is 4.91 Å². The number of ether oxygens (including phenoxy) is 2. The van der Waals surface area contributed by atoms with E-state index in [1.807, 2.05) is 0 Å². The number of hydrogen-bond donors (Lipinski definition) is 1. The maximum absolute atomic E-state index is 12.5. The number of nitrogens with one attached hydrogen (secondary N) is 1. The Morgan fingerprint density at radius 3 is 2.11 bits per heavy atom. The molecular weight excluding hydrogens is 385 g/mol. The summed E-state index contributed by atoms with van der Waals surface area (Å²) in [6.07, 6.45) is -3.85. The van der Waals surface area contributed by atoms with Crippen molar-refractivity contribution in [3.05, 3.63) is 59.6 Å². The van der Waals surface area contributed by atoms with Crippen LogP contribution >= 0.6 is 0 Å². The Labute approximate surface area is 153 Å². The van der Waals surface area contributed by atoms with Crippen molar-refractivity contribution in [2.45, 2.75) is 11.3 Å². The van der Waals surface area contributed by atoms with Gasteiger partial charge in [-0.2, -0.15) is 5.26 Å². The van der Waals surface area contributed by atoms with Crippen molar-refractivity contribution < 1.29 is 31.1 Å². The van der Waals surface area contributed by atoms with E-state index in [-0.39, 0.29) is 10.6 Å². The normalized spacial score (nSPS) is 12.2. The summed E-state index contributed by atoms with van der Waals surface area (Å²) in [5.41, 5.74) is 0.266. The van der Waals surface area contributed by atoms with Crippen LogP contribution in [0.1, 0.15) is 0 Å². The molecule has 0 radical (unpaired) electrons. The Balaban J connectivity index is 2.19. The number of hydrogen-bond acceptors (Lipinski definition) is 6. The van der Waals surface area contributed by atoms with Crippen molar-refractivity contribution in [3.63, 3.8) is 0 Å². The van der Waals surface area contributed by atoms with Gasteiger partial charge in [0, 0.05) is 11.9 Å². The van der Waals surface area contributed by atoms with Crippen LogP contribution in [0.2, 0.25) is 0 Å². The zero-order valence-corrected chi connectivity index (χ0v) is 14.6. The minimum atomic E-state index is -4.81. The monoisotopic (exact) mass is 398 g/mol. The van der Waals surface area contributed by atoms with Gasteiger partial charge >= 0.3 is 6.36 Å². The molecule has 0 aliphatic carbocycles. The third-order valence-corrected chi connectivity index (χ3v) is 4.91. The van der Waals surface area contributed by atoms with Crippen LogP contribution in [0.25, 0.3) is 0 Å². The second kappa shape index (κ2) is 8.01. The summed E-state index contributed by atoms with van der Waals surface area (Å²) in [6, 6.07) is 11.6. The fourth-order valence-electron chi connectivity index (χ4n) is 1.95. The van der Waals surface area contributed by atoms with Crippen molar-refractivity contribution in [1.29, 1.82) is 5.26 Å². The van der Waals surface area contributed by atoms with Gasteiger partial charge in [0.1, 0.15) is 17.6 Å². The number of halogens is 3. The molecule has 2 aromatic rings. The number of nitrogens with zero attached hydrogens (tertiary/aromatic N) is 1. The molecule has 0 aliphatic heterocycles. The van der Waals surface area contributed by atoms with Crippen LogP contribution in [0, 0.1) is 11.3 Å². The van der Waals surface area contributed by atoms with Gasteiger partial charge in [-0.3, -0.25) is 0 Å². The summed E-state index contributed by atoms with van der Waals surface area (Å²) in [7, 11) is -2.64. The molecule has 0 heterocycles. The van der Waals surface area contributed by atoms with E-state index in [2.05, 4.69) is 10.1 Å². The Kier molecular flexibility index (Phi) is 5.97.